The molecule has 1 aromatic rings. The highest BCUT2D eigenvalue weighted by atomic mass is 14.9. The van der Waals surface area contributed by atoms with Crippen molar-refractivity contribution >= 4 is 5.69 Å². The summed E-state index contributed by atoms with van der Waals surface area (Å²) < 4.78 is 0. The second-order valence-electron chi connectivity index (χ2n) is 5.89. The third kappa shape index (κ3) is 3.49. The summed E-state index contributed by atoms with van der Waals surface area (Å²) in [4.78, 5) is 0. The Bertz CT molecular complexity index is 375. The van der Waals surface area contributed by atoms with Gasteiger partial charge in [-0.15, -0.1) is 0 Å². The van der Waals surface area contributed by atoms with Crippen molar-refractivity contribution in [3.8, 4) is 0 Å². The second kappa shape index (κ2) is 6.24. The number of aryl methyl sites for hydroxylation is 1. The molecule has 0 heterocycles. The molecule has 0 amide bonds. The summed E-state index contributed by atoms with van der Waals surface area (Å²) in [6.07, 6.45) is 5.39. The van der Waals surface area contributed by atoms with Gasteiger partial charge < -0.3 is 11.1 Å². The van der Waals surface area contributed by atoms with Crippen molar-refractivity contribution in [1.29, 1.82) is 0 Å². The third-order valence-electron chi connectivity index (χ3n) is 4.17. The molecule has 1 aromatic carbocycles. The van der Waals surface area contributed by atoms with E-state index in [4.69, 9.17) is 5.73 Å². The highest BCUT2D eigenvalue weighted by Gasteiger charge is 2.25. The summed E-state index contributed by atoms with van der Waals surface area (Å²) in [7, 11) is 0. The minimum absolute atomic E-state index is 0.426. The van der Waals surface area contributed by atoms with E-state index in [0.717, 1.165) is 18.4 Å². The first-order valence-electron chi connectivity index (χ1n) is 7.22. The van der Waals surface area contributed by atoms with Gasteiger partial charge in [0.1, 0.15) is 0 Å². The highest BCUT2D eigenvalue weighted by molar-refractivity contribution is 5.46. The van der Waals surface area contributed by atoms with Crippen LogP contribution in [0.15, 0.2) is 24.3 Å². The summed E-state index contributed by atoms with van der Waals surface area (Å²) in [5.74, 6) is 1.59. The number of rotatable bonds is 4. The number of hydrogen-bond donors (Lipinski definition) is 2. The Morgan fingerprint density at radius 1 is 1.39 bits per heavy atom. The van der Waals surface area contributed by atoms with E-state index in [1.165, 1.54) is 36.9 Å². The van der Waals surface area contributed by atoms with Crippen molar-refractivity contribution in [2.45, 2.75) is 45.6 Å². The van der Waals surface area contributed by atoms with E-state index >= 15 is 0 Å². The van der Waals surface area contributed by atoms with Crippen LogP contribution in [0.5, 0.6) is 0 Å². The van der Waals surface area contributed by atoms with Crippen molar-refractivity contribution in [3.05, 3.63) is 29.8 Å². The van der Waals surface area contributed by atoms with Gasteiger partial charge >= 0.3 is 0 Å². The smallest absolute Gasteiger partial charge is 0.0411 e. The number of nitrogens with one attached hydrogen (secondary N) is 1. The molecule has 1 aliphatic carbocycles. The van der Waals surface area contributed by atoms with Gasteiger partial charge in [0.25, 0.3) is 0 Å². The summed E-state index contributed by atoms with van der Waals surface area (Å²) in [6.45, 7) is 5.23. The molecule has 0 bridgehead atoms. The molecule has 3 unspecified atom stereocenters. The van der Waals surface area contributed by atoms with Crippen LogP contribution in [-0.2, 0) is 0 Å². The molecule has 0 radical (unpaired) electrons. The zero-order valence-electron chi connectivity index (χ0n) is 11.7. The van der Waals surface area contributed by atoms with E-state index in [0.29, 0.717) is 6.04 Å². The van der Waals surface area contributed by atoms with Gasteiger partial charge in [0, 0.05) is 18.3 Å². The normalized spacial score (nSPS) is 25.7. The molecule has 2 heteroatoms. The Labute approximate surface area is 111 Å². The summed E-state index contributed by atoms with van der Waals surface area (Å²) in [5, 5.41) is 3.63. The topological polar surface area (TPSA) is 38.0 Å². The molecule has 3 N–H and O–H groups in total. The van der Waals surface area contributed by atoms with Gasteiger partial charge in [0.15, 0.2) is 0 Å². The SMILES string of the molecule is Cc1cccc(NC(CN)C2CCCC(C)C2)c1. The van der Waals surface area contributed by atoms with Crippen LogP contribution in [0.1, 0.15) is 38.2 Å². The quantitative estimate of drug-likeness (QED) is 0.852. The predicted molar refractivity (Wildman–Crippen MR) is 78.8 cm³/mol. The molecule has 1 saturated carbocycles. The van der Waals surface area contributed by atoms with Crippen LogP contribution in [-0.4, -0.2) is 12.6 Å². The van der Waals surface area contributed by atoms with Gasteiger partial charge in [-0.1, -0.05) is 31.9 Å². The average Bonchev–Trinajstić information content (AvgIpc) is 2.36. The molecule has 18 heavy (non-hydrogen) atoms. The van der Waals surface area contributed by atoms with E-state index in [9.17, 15) is 0 Å². The van der Waals surface area contributed by atoms with Crippen molar-refractivity contribution in [2.24, 2.45) is 17.6 Å². The Hall–Kier alpha value is -1.02. The third-order valence-corrected chi connectivity index (χ3v) is 4.17. The lowest BCUT2D eigenvalue weighted by Gasteiger charge is -2.33. The monoisotopic (exact) mass is 246 g/mol. The van der Waals surface area contributed by atoms with E-state index < -0.39 is 0 Å². The van der Waals surface area contributed by atoms with Crippen molar-refractivity contribution in [2.75, 3.05) is 11.9 Å². The zero-order valence-corrected chi connectivity index (χ0v) is 11.7. The van der Waals surface area contributed by atoms with Crippen LogP contribution in [0, 0.1) is 18.8 Å². The van der Waals surface area contributed by atoms with E-state index in [1.807, 2.05) is 0 Å². The molecular formula is C16H26N2. The zero-order chi connectivity index (χ0) is 13.0. The largest absolute Gasteiger partial charge is 0.381 e. The first-order chi connectivity index (χ1) is 8.69. The Balaban J connectivity index is 2.00. The van der Waals surface area contributed by atoms with Gasteiger partial charge in [0.05, 0.1) is 0 Å². The highest BCUT2D eigenvalue weighted by Crippen LogP contribution is 2.31. The van der Waals surface area contributed by atoms with Crippen molar-refractivity contribution < 1.29 is 0 Å². The van der Waals surface area contributed by atoms with Gasteiger partial charge in [-0.25, -0.2) is 0 Å². The minimum atomic E-state index is 0.426. The standard InChI is InChI=1S/C16H26N2/c1-12-5-3-7-14(9-12)16(11-17)18-15-8-4-6-13(2)10-15/h4,6,8,10,12,14,16,18H,3,5,7,9,11,17H2,1-2H3. The maximum atomic E-state index is 5.97. The summed E-state index contributed by atoms with van der Waals surface area (Å²) in [6, 6.07) is 9.01. The fourth-order valence-electron chi connectivity index (χ4n) is 3.16. The van der Waals surface area contributed by atoms with Crippen molar-refractivity contribution in [3.63, 3.8) is 0 Å². The molecule has 1 fully saturated rings. The average molecular weight is 246 g/mol. The fourth-order valence-corrected chi connectivity index (χ4v) is 3.16. The molecule has 3 atom stereocenters. The lowest BCUT2D eigenvalue weighted by Crippen LogP contribution is -2.38. The Morgan fingerprint density at radius 2 is 2.22 bits per heavy atom. The molecule has 1 aliphatic rings. The van der Waals surface area contributed by atoms with Crippen LogP contribution in [0.3, 0.4) is 0 Å². The molecule has 2 rings (SSSR count). The fraction of sp³-hybridized carbons (Fsp3) is 0.625. The van der Waals surface area contributed by atoms with E-state index in [2.05, 4.69) is 43.4 Å². The number of anilines is 1. The summed E-state index contributed by atoms with van der Waals surface area (Å²) >= 11 is 0. The van der Waals surface area contributed by atoms with Gasteiger partial charge in [-0.3, -0.25) is 0 Å². The van der Waals surface area contributed by atoms with Crippen LogP contribution < -0.4 is 11.1 Å². The lowest BCUT2D eigenvalue weighted by atomic mass is 9.78. The van der Waals surface area contributed by atoms with Crippen LogP contribution in [0.4, 0.5) is 5.69 Å². The second-order valence-corrected chi connectivity index (χ2v) is 5.89. The van der Waals surface area contributed by atoms with Gasteiger partial charge in [0.2, 0.25) is 0 Å². The maximum absolute atomic E-state index is 5.97. The van der Waals surface area contributed by atoms with Crippen molar-refractivity contribution in [1.82, 2.24) is 0 Å². The first-order valence-corrected chi connectivity index (χ1v) is 7.22. The maximum Gasteiger partial charge on any atom is 0.0411 e. The molecule has 0 saturated heterocycles. The van der Waals surface area contributed by atoms with Crippen LogP contribution in [0.25, 0.3) is 0 Å². The summed E-state index contributed by atoms with van der Waals surface area (Å²) in [5.41, 5.74) is 8.48. The van der Waals surface area contributed by atoms with E-state index in [1.54, 1.807) is 0 Å². The molecule has 0 spiro atoms. The molecule has 0 aliphatic heterocycles. The van der Waals surface area contributed by atoms with Crippen LogP contribution in [0.2, 0.25) is 0 Å². The molecule has 2 nitrogen and oxygen atoms in total. The molecule has 100 valence electrons. The van der Waals surface area contributed by atoms with Gasteiger partial charge in [-0.05, 0) is 49.3 Å². The molecule has 0 aromatic heterocycles. The van der Waals surface area contributed by atoms with E-state index in [-0.39, 0.29) is 0 Å². The predicted octanol–water partition coefficient (Wildman–Crippen LogP) is 3.56. The van der Waals surface area contributed by atoms with Gasteiger partial charge in [-0.2, -0.15) is 0 Å². The lowest BCUT2D eigenvalue weighted by molar-refractivity contribution is 0.257. The number of hydrogen-bond acceptors (Lipinski definition) is 2. The van der Waals surface area contributed by atoms with Crippen LogP contribution >= 0.6 is 0 Å². The minimum Gasteiger partial charge on any atom is -0.381 e. The number of benzene rings is 1. The Kier molecular flexibility index (Phi) is 4.65. The number of nitrogens with two attached hydrogens (primary N) is 1. The first kappa shape index (κ1) is 13.4. The Morgan fingerprint density at radius 3 is 2.89 bits per heavy atom. The molecular weight excluding hydrogens is 220 g/mol.